The monoisotopic (exact) mass is 561 g/mol. The smallest absolute Gasteiger partial charge is 0.471 e. The molecule has 0 saturated carbocycles. The molecule has 11 heteroatoms. The number of hydrogen-bond donors (Lipinski definition) is 2. The van der Waals surface area contributed by atoms with Gasteiger partial charge in [0.15, 0.2) is 5.82 Å². The summed E-state index contributed by atoms with van der Waals surface area (Å²) in [6, 6.07) is 11.4. The molecule has 1 aliphatic rings. The molecule has 0 unspecified atom stereocenters. The van der Waals surface area contributed by atoms with Crippen LogP contribution < -0.4 is 15.4 Å². The SMILES string of the molecule is CC(C)COc1cc2c(cc1Nc1ncc(Cl)c(Nc3ccccc3C(C)C)n1)CCN(C(=O)C(F)(F)F)C2. The summed E-state index contributed by atoms with van der Waals surface area (Å²) >= 11 is 6.41. The maximum Gasteiger partial charge on any atom is 0.471 e. The summed E-state index contributed by atoms with van der Waals surface area (Å²) in [7, 11) is 0. The molecule has 39 heavy (non-hydrogen) atoms. The zero-order valence-corrected chi connectivity index (χ0v) is 23.0. The second-order valence-corrected chi connectivity index (χ2v) is 10.6. The second kappa shape index (κ2) is 11.7. The predicted molar refractivity (Wildman–Crippen MR) is 146 cm³/mol. The van der Waals surface area contributed by atoms with Crippen LogP contribution in [0.15, 0.2) is 42.6 Å². The van der Waals surface area contributed by atoms with E-state index in [4.69, 9.17) is 16.3 Å². The molecular formula is C28H31ClF3N5O2. The van der Waals surface area contributed by atoms with E-state index >= 15 is 0 Å². The Bertz CT molecular complexity index is 1350. The number of hydrogen-bond acceptors (Lipinski definition) is 6. The Hall–Kier alpha value is -3.53. The van der Waals surface area contributed by atoms with E-state index in [1.54, 1.807) is 6.07 Å². The van der Waals surface area contributed by atoms with E-state index in [1.807, 2.05) is 44.2 Å². The van der Waals surface area contributed by atoms with Gasteiger partial charge in [-0.15, -0.1) is 0 Å². The number of nitrogens with zero attached hydrogens (tertiary/aromatic N) is 3. The van der Waals surface area contributed by atoms with Crippen molar-refractivity contribution in [2.24, 2.45) is 5.92 Å². The average molecular weight is 562 g/mol. The molecule has 1 aromatic heterocycles. The van der Waals surface area contributed by atoms with Gasteiger partial charge in [-0.3, -0.25) is 4.79 Å². The number of aromatic nitrogens is 2. The first-order valence-corrected chi connectivity index (χ1v) is 13.1. The fourth-order valence-electron chi connectivity index (χ4n) is 4.29. The predicted octanol–water partition coefficient (Wildman–Crippen LogP) is 7.22. The van der Waals surface area contributed by atoms with E-state index < -0.39 is 12.1 Å². The standard InChI is InChI=1S/C28H31ClF3N5O2/c1-16(2)15-39-24-12-19-14-37(26(38)28(30,31)32)10-9-18(19)11-23(24)35-27-33-13-21(29)25(36-27)34-22-8-6-5-7-20(22)17(3)4/h5-8,11-13,16-17H,9-10,14-15H2,1-4H3,(H2,33,34,35,36). The molecular weight excluding hydrogens is 531 g/mol. The number of anilines is 4. The van der Waals surface area contributed by atoms with Crippen molar-refractivity contribution in [1.82, 2.24) is 14.9 Å². The Balaban J connectivity index is 1.63. The Morgan fingerprint density at radius 1 is 1.10 bits per heavy atom. The number of carbonyl (C=O) groups is 1. The second-order valence-electron chi connectivity index (χ2n) is 10.2. The van der Waals surface area contributed by atoms with Gasteiger partial charge in [0, 0.05) is 18.8 Å². The molecule has 2 heterocycles. The normalized spacial score (nSPS) is 13.4. The molecule has 0 atom stereocenters. The zero-order chi connectivity index (χ0) is 28.3. The number of carbonyl (C=O) groups excluding carboxylic acids is 1. The Kier molecular flexibility index (Phi) is 8.54. The molecule has 1 amide bonds. The molecule has 2 N–H and O–H groups in total. The summed E-state index contributed by atoms with van der Waals surface area (Å²) in [6.45, 7) is 8.39. The Labute approximate surface area is 230 Å². The number of amides is 1. The van der Waals surface area contributed by atoms with Crippen molar-refractivity contribution in [3.05, 3.63) is 64.3 Å². The largest absolute Gasteiger partial charge is 0.491 e. The van der Waals surface area contributed by atoms with Crippen LogP contribution in [0, 0.1) is 5.92 Å². The third-order valence-electron chi connectivity index (χ3n) is 6.24. The van der Waals surface area contributed by atoms with Crippen molar-refractivity contribution in [3.63, 3.8) is 0 Å². The van der Waals surface area contributed by atoms with Gasteiger partial charge in [-0.25, -0.2) is 4.98 Å². The highest BCUT2D eigenvalue weighted by molar-refractivity contribution is 6.32. The first-order valence-electron chi connectivity index (χ1n) is 12.7. The number of nitrogens with one attached hydrogen (secondary N) is 2. The molecule has 2 aromatic carbocycles. The summed E-state index contributed by atoms with van der Waals surface area (Å²) in [5.74, 6) is -0.226. The third-order valence-corrected chi connectivity index (χ3v) is 6.52. The number of benzene rings is 2. The first kappa shape index (κ1) is 28.5. The van der Waals surface area contributed by atoms with Crippen molar-refractivity contribution in [2.45, 2.75) is 52.8 Å². The van der Waals surface area contributed by atoms with Crippen LogP contribution in [0.5, 0.6) is 5.75 Å². The Morgan fingerprint density at radius 2 is 1.85 bits per heavy atom. The highest BCUT2D eigenvalue weighted by Crippen LogP contribution is 2.36. The summed E-state index contributed by atoms with van der Waals surface area (Å²) in [4.78, 5) is 21.5. The van der Waals surface area contributed by atoms with Crippen molar-refractivity contribution >= 4 is 40.6 Å². The minimum Gasteiger partial charge on any atom is -0.491 e. The molecule has 4 rings (SSSR count). The van der Waals surface area contributed by atoms with E-state index in [9.17, 15) is 18.0 Å². The van der Waals surface area contributed by atoms with Crippen molar-refractivity contribution in [2.75, 3.05) is 23.8 Å². The average Bonchev–Trinajstić information content (AvgIpc) is 2.88. The number of fused-ring (bicyclic) bond motifs is 1. The van der Waals surface area contributed by atoms with Crippen molar-refractivity contribution in [3.8, 4) is 5.75 Å². The lowest BCUT2D eigenvalue weighted by atomic mass is 9.98. The van der Waals surface area contributed by atoms with Crippen LogP contribution in [0.1, 0.15) is 50.3 Å². The van der Waals surface area contributed by atoms with Crippen LogP contribution in [-0.2, 0) is 17.8 Å². The number of rotatable bonds is 8. The number of halogens is 4. The minimum atomic E-state index is -4.91. The van der Waals surface area contributed by atoms with Crippen LogP contribution >= 0.6 is 11.6 Å². The van der Waals surface area contributed by atoms with Gasteiger partial charge >= 0.3 is 12.1 Å². The van der Waals surface area contributed by atoms with Gasteiger partial charge in [0.25, 0.3) is 0 Å². The van der Waals surface area contributed by atoms with E-state index in [0.29, 0.717) is 34.4 Å². The fourth-order valence-corrected chi connectivity index (χ4v) is 4.43. The molecule has 0 radical (unpaired) electrons. The van der Waals surface area contributed by atoms with Crippen LogP contribution in [-0.4, -0.2) is 40.1 Å². The van der Waals surface area contributed by atoms with Gasteiger partial charge in [-0.1, -0.05) is 57.5 Å². The Morgan fingerprint density at radius 3 is 2.54 bits per heavy atom. The number of ether oxygens (including phenoxy) is 1. The molecule has 7 nitrogen and oxygen atoms in total. The maximum atomic E-state index is 13.0. The van der Waals surface area contributed by atoms with Crippen molar-refractivity contribution in [1.29, 1.82) is 0 Å². The lowest BCUT2D eigenvalue weighted by Gasteiger charge is -2.30. The molecule has 0 saturated heterocycles. The van der Waals surface area contributed by atoms with Gasteiger partial charge in [0.05, 0.1) is 18.5 Å². The van der Waals surface area contributed by atoms with Crippen LogP contribution in [0.2, 0.25) is 5.02 Å². The number of alkyl halides is 3. The molecule has 0 fully saturated rings. The molecule has 3 aromatic rings. The molecule has 0 aliphatic carbocycles. The highest BCUT2D eigenvalue weighted by atomic mass is 35.5. The lowest BCUT2D eigenvalue weighted by molar-refractivity contribution is -0.186. The summed E-state index contributed by atoms with van der Waals surface area (Å²) in [5, 5.41) is 6.83. The molecule has 0 spiro atoms. The lowest BCUT2D eigenvalue weighted by Crippen LogP contribution is -2.43. The van der Waals surface area contributed by atoms with Gasteiger partial charge in [0.1, 0.15) is 10.8 Å². The summed E-state index contributed by atoms with van der Waals surface area (Å²) < 4.78 is 45.0. The zero-order valence-electron chi connectivity index (χ0n) is 22.2. The minimum absolute atomic E-state index is 0.0300. The number of para-hydroxylation sites is 1. The van der Waals surface area contributed by atoms with Crippen LogP contribution in [0.4, 0.5) is 36.3 Å². The van der Waals surface area contributed by atoms with Crippen LogP contribution in [0.3, 0.4) is 0 Å². The van der Waals surface area contributed by atoms with E-state index in [2.05, 4.69) is 34.4 Å². The van der Waals surface area contributed by atoms with Crippen LogP contribution in [0.25, 0.3) is 0 Å². The van der Waals surface area contributed by atoms with Gasteiger partial charge in [0.2, 0.25) is 5.95 Å². The van der Waals surface area contributed by atoms with E-state index in [-0.39, 0.29) is 37.3 Å². The van der Waals surface area contributed by atoms with Gasteiger partial charge < -0.3 is 20.3 Å². The van der Waals surface area contributed by atoms with E-state index in [1.165, 1.54) is 6.20 Å². The highest BCUT2D eigenvalue weighted by Gasteiger charge is 2.43. The van der Waals surface area contributed by atoms with E-state index in [0.717, 1.165) is 21.7 Å². The molecule has 1 aliphatic heterocycles. The summed E-state index contributed by atoms with van der Waals surface area (Å²) in [5.41, 5.74) is 3.98. The van der Waals surface area contributed by atoms with Gasteiger partial charge in [-0.05, 0) is 53.1 Å². The first-order chi connectivity index (χ1) is 18.4. The fraction of sp³-hybridized carbons (Fsp3) is 0.393. The quantitative estimate of drug-likeness (QED) is 0.302. The topological polar surface area (TPSA) is 79.4 Å². The van der Waals surface area contributed by atoms with Crippen molar-refractivity contribution < 1.29 is 22.7 Å². The third kappa shape index (κ3) is 6.92. The maximum absolute atomic E-state index is 13.0. The molecule has 208 valence electrons. The molecule has 0 bridgehead atoms. The van der Waals surface area contributed by atoms with Gasteiger partial charge in [-0.2, -0.15) is 18.2 Å². The summed E-state index contributed by atoms with van der Waals surface area (Å²) in [6.07, 6.45) is -3.15.